The van der Waals surface area contributed by atoms with Crippen molar-refractivity contribution in [3.05, 3.63) is 140 Å². The zero-order chi connectivity index (χ0) is 25.3. The zero-order valence-electron chi connectivity index (χ0n) is 20.6. The van der Waals surface area contributed by atoms with Crippen molar-refractivity contribution in [1.29, 1.82) is 0 Å². The van der Waals surface area contributed by atoms with Gasteiger partial charge in [0.05, 0.1) is 16.9 Å². The molecule has 178 valence electrons. The molecule has 0 saturated carbocycles. The Bertz CT molecular complexity index is 1900. The summed E-state index contributed by atoms with van der Waals surface area (Å²) in [5, 5.41) is 2.04. The maximum absolute atomic E-state index is 5.16. The summed E-state index contributed by atoms with van der Waals surface area (Å²) in [6, 6.07) is 47.9. The molecule has 0 aliphatic heterocycles. The molecule has 0 fully saturated rings. The van der Waals surface area contributed by atoms with Gasteiger partial charge < -0.3 is 0 Å². The summed E-state index contributed by atoms with van der Waals surface area (Å²) in [4.78, 5) is 15.4. The smallest absolute Gasteiger partial charge is 0.160 e. The molecule has 3 nitrogen and oxygen atoms in total. The highest BCUT2D eigenvalue weighted by molar-refractivity contribution is 6.08. The van der Waals surface area contributed by atoms with Crippen molar-refractivity contribution in [1.82, 2.24) is 15.0 Å². The number of fused-ring (bicyclic) bond motifs is 3. The highest BCUT2D eigenvalue weighted by atomic mass is 14.9. The molecule has 0 radical (unpaired) electrons. The normalized spacial score (nSPS) is 11.2. The lowest BCUT2D eigenvalue weighted by atomic mass is 10.0. The summed E-state index contributed by atoms with van der Waals surface area (Å²) in [6.45, 7) is 0. The molecule has 2 aromatic heterocycles. The van der Waals surface area contributed by atoms with Crippen LogP contribution in [0.2, 0.25) is 0 Å². The highest BCUT2D eigenvalue weighted by Gasteiger charge is 2.15. The number of nitrogens with zero attached hydrogens (tertiary/aromatic N) is 3. The minimum Gasteiger partial charge on any atom is -0.245 e. The van der Waals surface area contributed by atoms with Gasteiger partial charge in [-0.1, -0.05) is 121 Å². The SMILES string of the molecule is c1ccc(-c2cccc(-c3nc(-c4ccccc4)c4ccc5ccc(-c6ccccc6)nc5c4n3)c2)cc1. The van der Waals surface area contributed by atoms with E-state index < -0.39 is 0 Å². The van der Waals surface area contributed by atoms with Crippen LogP contribution in [0.5, 0.6) is 0 Å². The van der Waals surface area contributed by atoms with Gasteiger partial charge in [-0.2, -0.15) is 0 Å². The van der Waals surface area contributed by atoms with E-state index in [0.29, 0.717) is 5.82 Å². The molecule has 38 heavy (non-hydrogen) atoms. The Kier molecular flexibility index (Phi) is 5.45. The molecule has 2 heterocycles. The van der Waals surface area contributed by atoms with Gasteiger partial charge in [-0.15, -0.1) is 0 Å². The summed E-state index contributed by atoms with van der Waals surface area (Å²) in [7, 11) is 0. The van der Waals surface area contributed by atoms with Crippen LogP contribution in [0, 0.1) is 0 Å². The Hall–Kier alpha value is -5.15. The van der Waals surface area contributed by atoms with Crippen LogP contribution in [0.15, 0.2) is 140 Å². The Morgan fingerprint density at radius 1 is 0.368 bits per heavy atom. The molecule has 0 unspecified atom stereocenters. The van der Waals surface area contributed by atoms with Crippen molar-refractivity contribution >= 4 is 21.8 Å². The van der Waals surface area contributed by atoms with Crippen molar-refractivity contribution in [3.8, 4) is 45.0 Å². The molecule has 0 N–H and O–H groups in total. The molecule has 0 bridgehead atoms. The van der Waals surface area contributed by atoms with E-state index in [0.717, 1.165) is 61.0 Å². The van der Waals surface area contributed by atoms with E-state index in [1.54, 1.807) is 0 Å². The lowest BCUT2D eigenvalue weighted by molar-refractivity contribution is 1.23. The molecule has 0 atom stereocenters. The fourth-order valence-electron chi connectivity index (χ4n) is 4.96. The molecule has 0 amide bonds. The summed E-state index contributed by atoms with van der Waals surface area (Å²) < 4.78 is 0. The van der Waals surface area contributed by atoms with Crippen molar-refractivity contribution in [2.75, 3.05) is 0 Å². The number of pyridine rings is 1. The van der Waals surface area contributed by atoms with Gasteiger partial charge in [0.15, 0.2) is 5.82 Å². The Morgan fingerprint density at radius 3 is 1.71 bits per heavy atom. The van der Waals surface area contributed by atoms with E-state index in [9.17, 15) is 0 Å². The van der Waals surface area contributed by atoms with E-state index >= 15 is 0 Å². The van der Waals surface area contributed by atoms with E-state index in [4.69, 9.17) is 15.0 Å². The maximum atomic E-state index is 5.16. The third-order valence-corrected chi connectivity index (χ3v) is 6.87. The monoisotopic (exact) mass is 485 g/mol. The van der Waals surface area contributed by atoms with Gasteiger partial charge in [0.2, 0.25) is 0 Å². The molecule has 7 aromatic rings. The zero-order valence-corrected chi connectivity index (χ0v) is 20.6. The Morgan fingerprint density at radius 2 is 0.974 bits per heavy atom. The van der Waals surface area contributed by atoms with Crippen LogP contribution in [-0.4, -0.2) is 15.0 Å². The standard InChI is InChI=1S/C35H23N3/c1-4-11-24(12-5-1)28-17-10-18-29(23-28)35-37-32(26-15-8-3-9-16-26)30-21-19-27-20-22-31(25-13-6-2-7-14-25)36-33(27)34(30)38-35/h1-23H. The molecule has 0 spiro atoms. The molecule has 0 aliphatic rings. The average molecular weight is 486 g/mol. The molecule has 0 aliphatic carbocycles. The van der Waals surface area contributed by atoms with Gasteiger partial charge in [0.1, 0.15) is 5.52 Å². The molecule has 3 heteroatoms. The maximum Gasteiger partial charge on any atom is 0.160 e. The fraction of sp³-hybridized carbons (Fsp3) is 0. The number of rotatable bonds is 4. The largest absolute Gasteiger partial charge is 0.245 e. The van der Waals surface area contributed by atoms with Gasteiger partial charge in [-0.05, 0) is 29.3 Å². The van der Waals surface area contributed by atoms with E-state index in [1.165, 1.54) is 0 Å². The lowest BCUT2D eigenvalue weighted by Crippen LogP contribution is -1.97. The first-order valence-electron chi connectivity index (χ1n) is 12.7. The van der Waals surface area contributed by atoms with Crippen LogP contribution < -0.4 is 0 Å². The average Bonchev–Trinajstić information content (AvgIpc) is 3.01. The predicted molar refractivity (Wildman–Crippen MR) is 157 cm³/mol. The summed E-state index contributed by atoms with van der Waals surface area (Å²) in [5.74, 6) is 0.688. The van der Waals surface area contributed by atoms with E-state index in [-0.39, 0.29) is 0 Å². The van der Waals surface area contributed by atoms with Crippen LogP contribution in [0.25, 0.3) is 66.8 Å². The molecule has 0 saturated heterocycles. The van der Waals surface area contributed by atoms with Gasteiger partial charge in [-0.3, -0.25) is 0 Å². The first-order valence-corrected chi connectivity index (χ1v) is 12.7. The van der Waals surface area contributed by atoms with E-state index in [2.05, 4.69) is 97.1 Å². The highest BCUT2D eigenvalue weighted by Crippen LogP contribution is 2.34. The minimum atomic E-state index is 0.688. The van der Waals surface area contributed by atoms with Crippen LogP contribution in [0.1, 0.15) is 0 Å². The first kappa shape index (κ1) is 22.1. The predicted octanol–water partition coefficient (Wildman–Crippen LogP) is 8.85. The minimum absolute atomic E-state index is 0.688. The number of hydrogen-bond acceptors (Lipinski definition) is 3. The quantitative estimate of drug-likeness (QED) is 0.234. The van der Waals surface area contributed by atoms with Crippen LogP contribution in [-0.2, 0) is 0 Å². The number of aromatic nitrogens is 3. The molecular weight excluding hydrogens is 462 g/mol. The molecule has 7 rings (SSSR count). The summed E-state index contributed by atoms with van der Waals surface area (Å²) in [6.07, 6.45) is 0. The van der Waals surface area contributed by atoms with Gasteiger partial charge >= 0.3 is 0 Å². The third-order valence-electron chi connectivity index (χ3n) is 6.87. The van der Waals surface area contributed by atoms with Crippen molar-refractivity contribution in [2.45, 2.75) is 0 Å². The fourth-order valence-corrected chi connectivity index (χ4v) is 4.96. The second-order valence-corrected chi connectivity index (χ2v) is 9.30. The van der Waals surface area contributed by atoms with Gasteiger partial charge in [0, 0.05) is 27.5 Å². The van der Waals surface area contributed by atoms with Gasteiger partial charge in [-0.25, -0.2) is 15.0 Å². The lowest BCUT2D eigenvalue weighted by Gasteiger charge is -2.12. The molecular formula is C35H23N3. The summed E-state index contributed by atoms with van der Waals surface area (Å²) >= 11 is 0. The second-order valence-electron chi connectivity index (χ2n) is 9.30. The summed E-state index contributed by atoms with van der Waals surface area (Å²) in [5.41, 5.74) is 8.98. The molecule has 5 aromatic carbocycles. The van der Waals surface area contributed by atoms with Crippen molar-refractivity contribution < 1.29 is 0 Å². The Labute approximate surface area is 221 Å². The van der Waals surface area contributed by atoms with E-state index in [1.807, 2.05) is 42.5 Å². The van der Waals surface area contributed by atoms with Crippen molar-refractivity contribution in [2.24, 2.45) is 0 Å². The van der Waals surface area contributed by atoms with Gasteiger partial charge in [0.25, 0.3) is 0 Å². The van der Waals surface area contributed by atoms with Crippen molar-refractivity contribution in [3.63, 3.8) is 0 Å². The first-order chi connectivity index (χ1) is 18.8. The third kappa shape index (κ3) is 4.00. The van der Waals surface area contributed by atoms with Crippen LogP contribution in [0.4, 0.5) is 0 Å². The Balaban J connectivity index is 1.50. The number of hydrogen-bond donors (Lipinski definition) is 0. The second kappa shape index (κ2) is 9.38. The van der Waals surface area contributed by atoms with Crippen LogP contribution >= 0.6 is 0 Å². The van der Waals surface area contributed by atoms with Crippen LogP contribution in [0.3, 0.4) is 0 Å². The number of benzene rings is 5. The topological polar surface area (TPSA) is 38.7 Å².